The Bertz CT molecular complexity index is 1400. The molecular weight excluding hydrogens is 528 g/mol. The summed E-state index contributed by atoms with van der Waals surface area (Å²) in [5.74, 6) is -6.42. The number of anilines is 1. The average Bonchev–Trinajstić information content (AvgIpc) is 3.19. The fraction of sp³-hybridized carbons (Fsp3) is 0.567. The Labute approximate surface area is 239 Å². The molecule has 1 aliphatic heterocycles. The fourth-order valence-electron chi connectivity index (χ4n) is 7.62. The normalized spacial score (nSPS) is 31.9. The van der Waals surface area contributed by atoms with Gasteiger partial charge in [-0.15, -0.1) is 0 Å². The molecule has 2 fully saturated rings. The number of Topliss-reactive ketones (excluding diaryl/α,β-unsaturated/α-hetero) is 2. The maximum Gasteiger partial charge on any atom is 0.255 e. The predicted octanol–water partition coefficient (Wildman–Crippen LogP) is 1.40. The maximum atomic E-state index is 14.1. The van der Waals surface area contributed by atoms with E-state index in [1.54, 1.807) is 14.1 Å². The highest BCUT2D eigenvalue weighted by atomic mass is 16.3. The molecule has 1 amide bonds. The number of ketones is 2. The van der Waals surface area contributed by atoms with Crippen molar-refractivity contribution >= 4 is 28.9 Å². The average molecular weight is 569 g/mol. The SMILES string of the molecule is CC1CCC(C)N1Cc1cc(N(C)C)c2c(c1O)C(O)=C1C(=O)C3(O)C(O)=C(C(N)=O)C(=O)C(N(C)C)[C@@H]3C[C@@H]1C2. The first-order valence-corrected chi connectivity index (χ1v) is 14.1. The third-order valence-corrected chi connectivity index (χ3v) is 9.75. The van der Waals surface area contributed by atoms with Crippen LogP contribution in [-0.4, -0.2) is 99.6 Å². The molecule has 0 aromatic heterocycles. The van der Waals surface area contributed by atoms with Crippen molar-refractivity contribution < 1.29 is 34.8 Å². The van der Waals surface area contributed by atoms with Crippen LogP contribution in [0.2, 0.25) is 0 Å². The molecule has 222 valence electrons. The Balaban J connectivity index is 1.70. The van der Waals surface area contributed by atoms with Gasteiger partial charge in [-0.05, 0) is 71.2 Å². The monoisotopic (exact) mass is 568 g/mol. The summed E-state index contributed by atoms with van der Waals surface area (Å²) in [6, 6.07) is 1.45. The summed E-state index contributed by atoms with van der Waals surface area (Å²) in [5.41, 5.74) is 3.97. The van der Waals surface area contributed by atoms with E-state index >= 15 is 0 Å². The molecule has 3 aliphatic carbocycles. The number of benzene rings is 1. The van der Waals surface area contributed by atoms with Crippen molar-refractivity contribution in [2.45, 2.75) is 69.8 Å². The second kappa shape index (κ2) is 9.85. The van der Waals surface area contributed by atoms with E-state index in [0.29, 0.717) is 29.8 Å². The lowest BCUT2D eigenvalue weighted by atomic mass is 9.57. The van der Waals surface area contributed by atoms with Gasteiger partial charge in [0.2, 0.25) is 5.78 Å². The Morgan fingerprint density at radius 3 is 2.24 bits per heavy atom. The third-order valence-electron chi connectivity index (χ3n) is 9.75. The Hall–Kier alpha value is -3.41. The van der Waals surface area contributed by atoms with Crippen LogP contribution in [0.25, 0.3) is 5.76 Å². The maximum absolute atomic E-state index is 14.1. The van der Waals surface area contributed by atoms with E-state index in [4.69, 9.17) is 5.73 Å². The van der Waals surface area contributed by atoms with Crippen molar-refractivity contribution in [3.05, 3.63) is 39.7 Å². The molecule has 1 saturated carbocycles. The molecule has 4 aliphatic rings. The number of carbonyl (C=O) groups is 3. The molecule has 5 rings (SSSR count). The summed E-state index contributed by atoms with van der Waals surface area (Å²) >= 11 is 0. The Kier molecular flexibility index (Phi) is 6.99. The zero-order valence-corrected chi connectivity index (χ0v) is 24.4. The van der Waals surface area contributed by atoms with Crippen molar-refractivity contribution in [2.75, 3.05) is 33.1 Å². The number of carbonyl (C=O) groups excluding carboxylic acids is 3. The number of nitrogens with zero attached hydrogens (tertiary/aromatic N) is 3. The van der Waals surface area contributed by atoms with Crippen LogP contribution >= 0.6 is 0 Å². The van der Waals surface area contributed by atoms with Crippen molar-refractivity contribution in [3.63, 3.8) is 0 Å². The van der Waals surface area contributed by atoms with Crippen molar-refractivity contribution in [2.24, 2.45) is 17.6 Å². The minimum atomic E-state index is -2.65. The number of primary amides is 1. The van der Waals surface area contributed by atoms with Crippen molar-refractivity contribution in [3.8, 4) is 5.75 Å². The van der Waals surface area contributed by atoms with Gasteiger partial charge in [0, 0.05) is 55.5 Å². The molecule has 0 bridgehead atoms. The summed E-state index contributed by atoms with van der Waals surface area (Å²) < 4.78 is 0. The molecule has 1 aromatic carbocycles. The summed E-state index contributed by atoms with van der Waals surface area (Å²) in [7, 11) is 6.90. The number of hydrogen-bond donors (Lipinski definition) is 5. The van der Waals surface area contributed by atoms with Gasteiger partial charge < -0.3 is 31.1 Å². The summed E-state index contributed by atoms with van der Waals surface area (Å²) in [6.07, 6.45) is 2.40. The number of likely N-dealkylation sites (N-methyl/N-ethyl adjacent to an activating group) is 1. The van der Waals surface area contributed by atoms with Crippen LogP contribution in [0.15, 0.2) is 23.0 Å². The van der Waals surface area contributed by atoms with Crippen molar-refractivity contribution in [1.29, 1.82) is 0 Å². The van der Waals surface area contributed by atoms with Gasteiger partial charge in [-0.2, -0.15) is 0 Å². The van der Waals surface area contributed by atoms with Gasteiger partial charge in [-0.25, -0.2) is 0 Å². The first-order chi connectivity index (χ1) is 19.1. The first kappa shape index (κ1) is 29.1. The Morgan fingerprint density at radius 1 is 1.10 bits per heavy atom. The van der Waals surface area contributed by atoms with Crippen LogP contribution in [0.1, 0.15) is 49.8 Å². The van der Waals surface area contributed by atoms with Crippen molar-refractivity contribution in [1.82, 2.24) is 9.80 Å². The van der Waals surface area contributed by atoms with E-state index in [-0.39, 0.29) is 29.7 Å². The molecule has 6 atom stereocenters. The number of aromatic hydroxyl groups is 1. The van der Waals surface area contributed by atoms with Gasteiger partial charge in [-0.3, -0.25) is 24.2 Å². The lowest BCUT2D eigenvalue weighted by Gasteiger charge is -2.50. The quantitative estimate of drug-likeness (QED) is 0.328. The van der Waals surface area contributed by atoms with E-state index in [1.165, 1.54) is 4.90 Å². The molecule has 1 heterocycles. The predicted molar refractivity (Wildman–Crippen MR) is 152 cm³/mol. The van der Waals surface area contributed by atoms with Gasteiger partial charge in [-0.1, -0.05) is 0 Å². The van der Waals surface area contributed by atoms with Crippen LogP contribution in [0.4, 0.5) is 5.69 Å². The standard InChI is InChI=1S/C30H40N4O7/c1-13-7-8-14(2)34(13)12-16-11-19(32(3)4)17-9-15-10-18-23(33(5)6)26(37)22(29(31)40)28(39)30(18,41)27(38)20(15)25(36)21(17)24(16)35/h11,13-15,18,23,35-36,39,41H,7-10,12H2,1-6H3,(H2,31,40)/t13?,14?,15-,18-,23?,30?/m0/s1. The largest absolute Gasteiger partial charge is 0.508 e. The Morgan fingerprint density at radius 2 is 1.71 bits per heavy atom. The number of phenols is 1. The zero-order chi connectivity index (χ0) is 30.3. The summed E-state index contributed by atoms with van der Waals surface area (Å²) in [4.78, 5) is 45.3. The number of aliphatic hydroxyl groups is 3. The third kappa shape index (κ3) is 4.08. The van der Waals surface area contributed by atoms with E-state index < -0.39 is 58.0 Å². The number of phenolic OH excluding ortho intramolecular Hbond substituents is 1. The molecule has 1 aromatic rings. The summed E-state index contributed by atoms with van der Waals surface area (Å²) in [5, 5.41) is 46.1. The second-order valence-electron chi connectivity index (χ2n) is 12.6. The molecule has 0 spiro atoms. The first-order valence-electron chi connectivity index (χ1n) is 14.1. The summed E-state index contributed by atoms with van der Waals surface area (Å²) in [6.45, 7) is 4.74. The van der Waals surface area contributed by atoms with Gasteiger partial charge in [0.15, 0.2) is 11.4 Å². The minimum absolute atomic E-state index is 0.0595. The van der Waals surface area contributed by atoms with Gasteiger partial charge in [0.05, 0.1) is 11.6 Å². The number of amides is 1. The molecule has 0 radical (unpaired) electrons. The second-order valence-corrected chi connectivity index (χ2v) is 12.6. The number of fused-ring (bicyclic) bond motifs is 3. The van der Waals surface area contributed by atoms with Crippen LogP contribution in [-0.2, 0) is 27.3 Å². The lowest BCUT2D eigenvalue weighted by Crippen LogP contribution is -2.65. The van der Waals surface area contributed by atoms with Gasteiger partial charge in [0.1, 0.15) is 22.8 Å². The van der Waals surface area contributed by atoms with E-state index in [1.807, 2.05) is 25.1 Å². The highest BCUT2D eigenvalue weighted by Crippen LogP contribution is 2.54. The highest BCUT2D eigenvalue weighted by Gasteiger charge is 2.64. The lowest BCUT2D eigenvalue weighted by molar-refractivity contribution is -0.153. The zero-order valence-electron chi connectivity index (χ0n) is 24.4. The number of hydrogen-bond acceptors (Lipinski definition) is 10. The molecule has 1 saturated heterocycles. The van der Waals surface area contributed by atoms with E-state index in [9.17, 15) is 34.8 Å². The topological polar surface area (TPSA) is 168 Å². The minimum Gasteiger partial charge on any atom is -0.508 e. The number of likely N-dealkylation sites (tertiary alicyclic amines) is 1. The van der Waals surface area contributed by atoms with E-state index in [0.717, 1.165) is 18.5 Å². The molecule has 11 nitrogen and oxygen atoms in total. The highest BCUT2D eigenvalue weighted by molar-refractivity contribution is 6.24. The van der Waals surface area contributed by atoms with Crippen LogP contribution in [0.3, 0.4) is 0 Å². The molecule has 41 heavy (non-hydrogen) atoms. The number of rotatable bonds is 5. The fourth-order valence-corrected chi connectivity index (χ4v) is 7.62. The van der Waals surface area contributed by atoms with Crippen LogP contribution in [0.5, 0.6) is 5.75 Å². The number of nitrogens with two attached hydrogens (primary N) is 1. The smallest absolute Gasteiger partial charge is 0.255 e. The van der Waals surface area contributed by atoms with Gasteiger partial charge >= 0.3 is 0 Å². The van der Waals surface area contributed by atoms with Crippen LogP contribution in [0, 0.1) is 11.8 Å². The van der Waals surface area contributed by atoms with E-state index in [2.05, 4.69) is 18.7 Å². The van der Waals surface area contributed by atoms with Gasteiger partial charge in [0.25, 0.3) is 5.91 Å². The molecule has 4 unspecified atom stereocenters. The molecule has 11 heteroatoms. The number of aliphatic hydroxyl groups excluding tert-OH is 2. The molecular formula is C30H40N4O7. The molecule has 6 N–H and O–H groups in total. The van der Waals surface area contributed by atoms with Crippen LogP contribution < -0.4 is 10.6 Å².